The zero-order chi connectivity index (χ0) is 34.3. The minimum atomic E-state index is -4.26. The fourth-order valence-electron chi connectivity index (χ4n) is 5.99. The topological polar surface area (TPSA) is 86.8 Å². The van der Waals surface area contributed by atoms with Crippen molar-refractivity contribution in [3.8, 4) is 0 Å². The fourth-order valence-corrected chi connectivity index (χ4v) is 7.57. The highest BCUT2D eigenvalue weighted by Gasteiger charge is 2.35. The molecule has 0 aliphatic heterocycles. The molecule has 0 heterocycles. The van der Waals surface area contributed by atoms with E-state index in [9.17, 15) is 22.4 Å². The average molecular weight is 690 g/mol. The van der Waals surface area contributed by atoms with E-state index in [0.29, 0.717) is 10.6 Å². The summed E-state index contributed by atoms with van der Waals surface area (Å²) in [6, 6.07) is 25.4. The van der Waals surface area contributed by atoms with Crippen molar-refractivity contribution in [3.63, 3.8) is 0 Å². The number of carbonyl (C=O) groups is 2. The Balaban J connectivity index is 1.57. The molecular weight excluding hydrogens is 649 g/mol. The van der Waals surface area contributed by atoms with Crippen LogP contribution in [0.1, 0.15) is 54.4 Å². The Bertz CT molecular complexity index is 1810. The van der Waals surface area contributed by atoms with Crippen LogP contribution in [0.2, 0.25) is 5.02 Å². The molecule has 7 nitrogen and oxygen atoms in total. The van der Waals surface area contributed by atoms with Crippen molar-refractivity contribution in [2.75, 3.05) is 10.8 Å². The lowest BCUT2D eigenvalue weighted by Crippen LogP contribution is -2.55. The van der Waals surface area contributed by atoms with Gasteiger partial charge in [0.25, 0.3) is 10.0 Å². The van der Waals surface area contributed by atoms with E-state index in [2.05, 4.69) is 5.32 Å². The molecule has 1 N–H and O–H groups in total. The largest absolute Gasteiger partial charge is 0.352 e. The number of anilines is 1. The minimum Gasteiger partial charge on any atom is -0.352 e. The Hall–Kier alpha value is -4.21. The van der Waals surface area contributed by atoms with Crippen molar-refractivity contribution in [1.82, 2.24) is 10.2 Å². The Morgan fingerprint density at radius 1 is 0.875 bits per heavy atom. The number of hydrogen-bond donors (Lipinski definition) is 1. The molecular formula is C38H41ClFN3O4S. The van der Waals surface area contributed by atoms with Crippen molar-refractivity contribution in [3.05, 3.63) is 130 Å². The quantitative estimate of drug-likeness (QED) is 0.168. The van der Waals surface area contributed by atoms with Gasteiger partial charge in [-0.15, -0.1) is 0 Å². The second kappa shape index (κ2) is 15.8. The van der Waals surface area contributed by atoms with Crippen LogP contribution in [0.4, 0.5) is 10.1 Å². The molecule has 1 aliphatic carbocycles. The Morgan fingerprint density at radius 2 is 1.54 bits per heavy atom. The molecule has 0 spiro atoms. The second-order valence-corrected chi connectivity index (χ2v) is 14.7. The number of nitrogens with one attached hydrogen (secondary N) is 1. The molecule has 1 atom stereocenters. The molecule has 0 unspecified atom stereocenters. The maximum absolute atomic E-state index is 14.6. The van der Waals surface area contributed by atoms with Gasteiger partial charge in [0, 0.05) is 24.0 Å². The predicted molar refractivity (Wildman–Crippen MR) is 188 cm³/mol. The first-order valence-corrected chi connectivity index (χ1v) is 18.1. The van der Waals surface area contributed by atoms with Gasteiger partial charge in [-0.3, -0.25) is 13.9 Å². The summed E-state index contributed by atoms with van der Waals surface area (Å²) in [5.74, 6) is -1.34. The van der Waals surface area contributed by atoms with Crippen LogP contribution in [0, 0.1) is 19.7 Å². The molecule has 0 aromatic heterocycles. The van der Waals surface area contributed by atoms with Gasteiger partial charge in [0.2, 0.25) is 11.8 Å². The van der Waals surface area contributed by atoms with E-state index >= 15 is 0 Å². The average Bonchev–Trinajstić information content (AvgIpc) is 3.08. The minimum absolute atomic E-state index is 0.0126. The molecule has 10 heteroatoms. The van der Waals surface area contributed by atoms with Crippen LogP contribution in [0.15, 0.2) is 102 Å². The van der Waals surface area contributed by atoms with Crippen molar-refractivity contribution in [2.24, 2.45) is 0 Å². The SMILES string of the molecule is Cc1ccc(S(=O)(=O)N(CC(=O)N(Cc2ccc(F)cc2)[C@H](Cc2ccccc2)C(=O)NC2CCCCC2)c2ccc(C)c(Cl)c2)cc1. The van der Waals surface area contributed by atoms with E-state index in [0.717, 1.165) is 53.1 Å². The maximum Gasteiger partial charge on any atom is 0.264 e. The molecule has 0 bridgehead atoms. The van der Waals surface area contributed by atoms with E-state index in [1.54, 1.807) is 43.3 Å². The Morgan fingerprint density at radius 3 is 2.19 bits per heavy atom. The summed E-state index contributed by atoms with van der Waals surface area (Å²) in [5.41, 5.74) is 3.28. The first kappa shape index (κ1) is 35.1. The van der Waals surface area contributed by atoms with Crippen molar-refractivity contribution in [2.45, 2.75) is 75.9 Å². The van der Waals surface area contributed by atoms with Crippen molar-refractivity contribution >= 4 is 39.1 Å². The molecule has 5 rings (SSSR count). The van der Waals surface area contributed by atoms with Crippen LogP contribution in [0.25, 0.3) is 0 Å². The standard InChI is InChI=1S/C38H41ClFN3O4S/c1-27-13-21-34(22-14-27)48(46,47)43(33-20-15-28(2)35(39)24-33)26-37(44)42(25-30-16-18-31(40)19-17-30)36(23-29-9-5-3-6-10-29)38(45)41-32-11-7-4-8-12-32/h3,5-6,9-10,13-22,24,32,36H,4,7-8,11-12,23,25-26H2,1-2H3,(H,41,45)/t36-/m1/s1. The van der Waals surface area contributed by atoms with Gasteiger partial charge in [-0.25, -0.2) is 12.8 Å². The lowest BCUT2D eigenvalue weighted by atomic mass is 9.94. The summed E-state index contributed by atoms with van der Waals surface area (Å²) >= 11 is 6.47. The highest BCUT2D eigenvalue weighted by atomic mass is 35.5. The van der Waals surface area contributed by atoms with Gasteiger partial charge in [-0.05, 0) is 79.8 Å². The first-order valence-electron chi connectivity index (χ1n) is 16.2. The van der Waals surface area contributed by atoms with Gasteiger partial charge < -0.3 is 10.2 Å². The van der Waals surface area contributed by atoms with Gasteiger partial charge in [-0.2, -0.15) is 0 Å². The van der Waals surface area contributed by atoms with E-state index in [1.807, 2.05) is 37.3 Å². The number of nitrogens with zero attached hydrogens (tertiary/aromatic N) is 2. The number of rotatable bonds is 12. The molecule has 252 valence electrons. The lowest BCUT2D eigenvalue weighted by molar-refractivity contribution is -0.140. The van der Waals surface area contributed by atoms with E-state index in [1.165, 1.54) is 35.2 Å². The Kier molecular flexibility index (Phi) is 11.5. The van der Waals surface area contributed by atoms with Gasteiger partial charge >= 0.3 is 0 Å². The molecule has 0 radical (unpaired) electrons. The third kappa shape index (κ3) is 8.82. The molecule has 4 aromatic rings. The van der Waals surface area contributed by atoms with Crippen LogP contribution in [0.3, 0.4) is 0 Å². The monoisotopic (exact) mass is 689 g/mol. The summed E-state index contributed by atoms with van der Waals surface area (Å²) < 4.78 is 43.5. The third-order valence-corrected chi connectivity index (χ3v) is 11.0. The van der Waals surface area contributed by atoms with Crippen LogP contribution in [0.5, 0.6) is 0 Å². The zero-order valence-corrected chi connectivity index (χ0v) is 28.8. The number of halogens is 2. The van der Waals surface area contributed by atoms with E-state index in [4.69, 9.17) is 11.6 Å². The molecule has 2 amide bonds. The second-order valence-electron chi connectivity index (χ2n) is 12.5. The normalized spacial score (nSPS) is 14.2. The van der Waals surface area contributed by atoms with Crippen LogP contribution >= 0.6 is 11.6 Å². The van der Waals surface area contributed by atoms with Gasteiger partial charge in [0.1, 0.15) is 18.4 Å². The van der Waals surface area contributed by atoms with Crippen molar-refractivity contribution < 1.29 is 22.4 Å². The number of benzene rings is 4. The molecule has 1 saturated carbocycles. The molecule has 48 heavy (non-hydrogen) atoms. The summed E-state index contributed by atoms with van der Waals surface area (Å²) in [5, 5.41) is 3.54. The summed E-state index contributed by atoms with van der Waals surface area (Å²) in [6.45, 7) is 3.02. The summed E-state index contributed by atoms with van der Waals surface area (Å²) in [4.78, 5) is 30.3. The number of carbonyl (C=O) groups excluding carboxylic acids is 2. The van der Waals surface area contributed by atoms with Gasteiger partial charge in [0.05, 0.1) is 10.6 Å². The number of hydrogen-bond acceptors (Lipinski definition) is 4. The molecule has 0 saturated heterocycles. The number of aryl methyl sites for hydroxylation is 2. The predicted octanol–water partition coefficient (Wildman–Crippen LogP) is 7.38. The molecule has 1 aliphatic rings. The number of sulfonamides is 1. The highest BCUT2D eigenvalue weighted by Crippen LogP contribution is 2.29. The van der Waals surface area contributed by atoms with Gasteiger partial charge in [-0.1, -0.05) is 97.1 Å². The molecule has 1 fully saturated rings. The summed E-state index contributed by atoms with van der Waals surface area (Å²) in [6.07, 6.45) is 5.05. The summed E-state index contributed by atoms with van der Waals surface area (Å²) in [7, 11) is -4.26. The van der Waals surface area contributed by atoms with Crippen molar-refractivity contribution in [1.29, 1.82) is 0 Å². The lowest BCUT2D eigenvalue weighted by Gasteiger charge is -2.35. The third-order valence-electron chi connectivity index (χ3n) is 8.82. The highest BCUT2D eigenvalue weighted by molar-refractivity contribution is 7.92. The fraction of sp³-hybridized carbons (Fsp3) is 0.316. The van der Waals surface area contributed by atoms with Crippen LogP contribution in [-0.4, -0.2) is 43.8 Å². The van der Waals surface area contributed by atoms with E-state index < -0.39 is 34.3 Å². The van der Waals surface area contributed by atoms with E-state index in [-0.39, 0.29) is 35.5 Å². The number of amides is 2. The first-order chi connectivity index (χ1) is 23.0. The Labute approximate surface area is 287 Å². The van der Waals surface area contributed by atoms with Gasteiger partial charge in [0.15, 0.2) is 0 Å². The smallest absolute Gasteiger partial charge is 0.264 e. The molecule has 4 aromatic carbocycles. The van der Waals surface area contributed by atoms with Crippen LogP contribution in [-0.2, 0) is 32.6 Å². The van der Waals surface area contributed by atoms with Crippen LogP contribution < -0.4 is 9.62 Å². The zero-order valence-electron chi connectivity index (χ0n) is 27.2. The maximum atomic E-state index is 14.6.